The number of fused-ring (bicyclic) bond motifs is 1. The molecule has 3 aromatic carbocycles. The van der Waals surface area contributed by atoms with Crippen molar-refractivity contribution in [3.63, 3.8) is 0 Å². The van der Waals surface area contributed by atoms with E-state index in [-0.39, 0.29) is 24.9 Å². The smallest absolute Gasteiger partial charge is 0.248 e. The number of nitrogens with one attached hydrogen (secondary N) is 2. The highest BCUT2D eigenvalue weighted by atomic mass is 19.1. The summed E-state index contributed by atoms with van der Waals surface area (Å²) in [6, 6.07) is 17.7. The standard InChI is InChI=1S/C37H40FN5O4/c1-4-12-43-13-10-26(11-14-43)19-36(44)42-33-20-31-32(21-35(33)46-16-15-45-3)40-23-28(22-39)37(31)41-30-8-9-34(25(2)17-30)47-24-27-6-5-7-29(38)18-27/h5-9,17-21,23H,4,10-16,24H2,1-3H3,(H,40,41)(H,42,44). The molecule has 244 valence electrons. The minimum absolute atomic E-state index is 0.232. The number of amides is 1. The van der Waals surface area contributed by atoms with Crippen LogP contribution in [0.1, 0.15) is 42.9 Å². The van der Waals surface area contributed by atoms with Crippen LogP contribution in [0.15, 0.2) is 72.4 Å². The molecule has 0 aliphatic carbocycles. The Hall–Kier alpha value is -4.98. The second-order valence-electron chi connectivity index (χ2n) is 11.5. The SMILES string of the molecule is CCCN1CCC(=CC(=O)Nc2cc3c(Nc4ccc(OCc5cccc(F)c5)c(C)c4)c(C#N)cnc3cc2OCCOC)CC1. The van der Waals surface area contributed by atoms with E-state index in [9.17, 15) is 14.4 Å². The Morgan fingerprint density at radius 2 is 1.91 bits per heavy atom. The molecule has 1 amide bonds. The predicted molar refractivity (Wildman–Crippen MR) is 182 cm³/mol. The van der Waals surface area contributed by atoms with Gasteiger partial charge in [-0.1, -0.05) is 24.6 Å². The zero-order valence-corrected chi connectivity index (χ0v) is 27.1. The Balaban J connectivity index is 1.41. The van der Waals surface area contributed by atoms with Gasteiger partial charge in [-0.3, -0.25) is 9.78 Å². The summed E-state index contributed by atoms with van der Waals surface area (Å²) in [5, 5.41) is 17.1. The maximum Gasteiger partial charge on any atom is 0.248 e. The third kappa shape index (κ3) is 8.85. The van der Waals surface area contributed by atoms with Gasteiger partial charge in [-0.15, -0.1) is 0 Å². The molecule has 2 N–H and O–H groups in total. The van der Waals surface area contributed by atoms with Crippen LogP contribution in [0.5, 0.6) is 11.5 Å². The number of anilines is 3. The van der Waals surface area contributed by atoms with Crippen LogP contribution in [0.2, 0.25) is 0 Å². The van der Waals surface area contributed by atoms with Gasteiger partial charge in [0, 0.05) is 49.6 Å². The van der Waals surface area contributed by atoms with Gasteiger partial charge in [0.1, 0.15) is 36.6 Å². The summed E-state index contributed by atoms with van der Waals surface area (Å²) < 4.78 is 30.7. The second kappa shape index (κ2) is 16.0. The van der Waals surface area contributed by atoms with E-state index in [1.807, 2.05) is 31.2 Å². The summed E-state index contributed by atoms with van der Waals surface area (Å²) in [6.45, 7) is 7.96. The maximum absolute atomic E-state index is 13.6. The van der Waals surface area contributed by atoms with E-state index in [1.165, 1.54) is 18.3 Å². The quantitative estimate of drug-likeness (QED) is 0.116. The van der Waals surface area contributed by atoms with Crippen LogP contribution in [-0.4, -0.2) is 55.7 Å². The Bertz CT molecular complexity index is 1790. The predicted octanol–water partition coefficient (Wildman–Crippen LogP) is 7.27. The van der Waals surface area contributed by atoms with Crippen molar-refractivity contribution < 1.29 is 23.4 Å². The van der Waals surface area contributed by atoms with Crippen molar-refractivity contribution in [1.82, 2.24) is 9.88 Å². The van der Waals surface area contributed by atoms with Gasteiger partial charge in [-0.2, -0.15) is 5.26 Å². The van der Waals surface area contributed by atoms with Crippen molar-refractivity contribution in [3.05, 3.63) is 95.0 Å². The first-order valence-electron chi connectivity index (χ1n) is 15.8. The molecule has 1 aliphatic heterocycles. The summed E-state index contributed by atoms with van der Waals surface area (Å²) in [5.41, 5.74) is 5.39. The summed E-state index contributed by atoms with van der Waals surface area (Å²) in [6.07, 6.45) is 6.04. The van der Waals surface area contributed by atoms with Gasteiger partial charge in [0.25, 0.3) is 0 Å². The molecule has 9 nitrogen and oxygen atoms in total. The number of aryl methyl sites for hydroxylation is 1. The monoisotopic (exact) mass is 637 g/mol. The highest BCUT2D eigenvalue weighted by Crippen LogP contribution is 2.37. The number of hydrogen-bond acceptors (Lipinski definition) is 8. The largest absolute Gasteiger partial charge is 0.489 e. The molecule has 0 saturated carbocycles. The van der Waals surface area contributed by atoms with Crippen molar-refractivity contribution in [2.45, 2.75) is 39.7 Å². The zero-order valence-electron chi connectivity index (χ0n) is 27.1. The number of methoxy groups -OCH3 is 1. The van der Waals surface area contributed by atoms with E-state index in [2.05, 4.69) is 33.5 Å². The molecule has 5 rings (SSSR count). The molecule has 1 fully saturated rings. The van der Waals surface area contributed by atoms with Gasteiger partial charge >= 0.3 is 0 Å². The first-order valence-corrected chi connectivity index (χ1v) is 15.8. The molecule has 0 radical (unpaired) electrons. The Morgan fingerprint density at radius 3 is 2.64 bits per heavy atom. The summed E-state index contributed by atoms with van der Waals surface area (Å²) >= 11 is 0. The highest BCUT2D eigenvalue weighted by molar-refractivity contribution is 6.05. The molecular formula is C37H40FN5O4. The Morgan fingerprint density at radius 1 is 1.09 bits per heavy atom. The van der Waals surface area contributed by atoms with Crippen LogP contribution < -0.4 is 20.1 Å². The number of benzene rings is 3. The van der Waals surface area contributed by atoms with E-state index in [1.54, 1.807) is 31.4 Å². The van der Waals surface area contributed by atoms with Crippen LogP contribution in [0.4, 0.5) is 21.5 Å². The molecular weight excluding hydrogens is 597 g/mol. The molecule has 47 heavy (non-hydrogen) atoms. The molecule has 1 aliphatic rings. The van der Waals surface area contributed by atoms with Gasteiger partial charge < -0.3 is 29.7 Å². The fourth-order valence-electron chi connectivity index (χ4n) is 5.59. The van der Waals surface area contributed by atoms with Crippen molar-refractivity contribution in [1.29, 1.82) is 5.26 Å². The van der Waals surface area contributed by atoms with Crippen molar-refractivity contribution in [3.8, 4) is 17.6 Å². The number of halogens is 1. The summed E-state index contributed by atoms with van der Waals surface area (Å²) in [7, 11) is 1.60. The number of nitrogens with zero attached hydrogens (tertiary/aromatic N) is 3. The van der Waals surface area contributed by atoms with E-state index >= 15 is 0 Å². The fraction of sp³-hybridized carbons (Fsp3) is 0.324. The van der Waals surface area contributed by atoms with Crippen molar-refractivity contribution >= 4 is 33.9 Å². The lowest BCUT2D eigenvalue weighted by Crippen LogP contribution is -2.31. The average molecular weight is 638 g/mol. The first kappa shape index (κ1) is 33.4. The fourth-order valence-corrected chi connectivity index (χ4v) is 5.59. The molecule has 0 atom stereocenters. The third-order valence-corrected chi connectivity index (χ3v) is 7.99. The van der Waals surface area contributed by atoms with Crippen LogP contribution >= 0.6 is 0 Å². The van der Waals surface area contributed by atoms with Gasteiger partial charge in [0.15, 0.2) is 0 Å². The number of hydrogen-bond donors (Lipinski definition) is 2. The van der Waals surface area contributed by atoms with E-state index in [4.69, 9.17) is 14.2 Å². The van der Waals surface area contributed by atoms with E-state index in [0.717, 1.165) is 61.3 Å². The summed E-state index contributed by atoms with van der Waals surface area (Å²) in [4.78, 5) is 20.2. The topological polar surface area (TPSA) is 109 Å². The number of carbonyl (C=O) groups excluding carboxylic acids is 1. The minimum Gasteiger partial charge on any atom is -0.489 e. The van der Waals surface area contributed by atoms with Gasteiger partial charge in [-0.05, 0) is 80.3 Å². The number of rotatable bonds is 13. The molecule has 1 aromatic heterocycles. The lowest BCUT2D eigenvalue weighted by molar-refractivity contribution is -0.112. The normalized spacial score (nSPS) is 13.2. The van der Waals surface area contributed by atoms with Gasteiger partial charge in [0.05, 0.1) is 29.1 Å². The van der Waals surface area contributed by atoms with Crippen LogP contribution in [0.3, 0.4) is 0 Å². The number of piperidine rings is 1. The number of carbonyl (C=O) groups is 1. The number of pyridine rings is 1. The van der Waals surface area contributed by atoms with Crippen LogP contribution in [0, 0.1) is 24.1 Å². The number of nitriles is 1. The zero-order chi connectivity index (χ0) is 33.2. The van der Waals surface area contributed by atoms with Crippen LogP contribution in [-0.2, 0) is 16.1 Å². The molecule has 4 aromatic rings. The molecule has 0 spiro atoms. The number of likely N-dealkylation sites (tertiary alicyclic amines) is 1. The number of ether oxygens (including phenoxy) is 3. The average Bonchev–Trinajstić information content (AvgIpc) is 3.06. The molecule has 10 heteroatoms. The van der Waals surface area contributed by atoms with Crippen LogP contribution in [0.25, 0.3) is 10.9 Å². The highest BCUT2D eigenvalue weighted by Gasteiger charge is 2.18. The molecule has 1 saturated heterocycles. The third-order valence-electron chi connectivity index (χ3n) is 7.99. The van der Waals surface area contributed by atoms with Crippen molar-refractivity contribution in [2.75, 3.05) is 50.6 Å². The van der Waals surface area contributed by atoms with Gasteiger partial charge in [-0.25, -0.2) is 4.39 Å². The van der Waals surface area contributed by atoms with E-state index in [0.29, 0.717) is 45.9 Å². The Labute approximate surface area is 275 Å². The second-order valence-corrected chi connectivity index (χ2v) is 11.5. The maximum atomic E-state index is 13.6. The lowest BCUT2D eigenvalue weighted by Gasteiger charge is -2.27. The van der Waals surface area contributed by atoms with Gasteiger partial charge in [0.2, 0.25) is 5.91 Å². The van der Waals surface area contributed by atoms with E-state index < -0.39 is 0 Å². The molecule has 0 unspecified atom stereocenters. The Kier molecular flexibility index (Phi) is 11.4. The molecule has 2 heterocycles. The minimum atomic E-state index is -0.309. The molecule has 0 bridgehead atoms. The number of aromatic nitrogens is 1. The van der Waals surface area contributed by atoms with Crippen molar-refractivity contribution in [2.24, 2.45) is 0 Å². The first-order chi connectivity index (χ1) is 22.9. The lowest BCUT2D eigenvalue weighted by atomic mass is 10.0. The summed E-state index contributed by atoms with van der Waals surface area (Å²) in [5.74, 6) is 0.575.